The monoisotopic (exact) mass is 254 g/mol. The van der Waals surface area contributed by atoms with Crippen LogP contribution in [0.5, 0.6) is 5.75 Å². The summed E-state index contributed by atoms with van der Waals surface area (Å²) in [6.45, 7) is 7.24. The van der Waals surface area contributed by atoms with Gasteiger partial charge in [0.25, 0.3) is 0 Å². The fourth-order valence-electron chi connectivity index (χ4n) is 2.26. The van der Waals surface area contributed by atoms with Gasteiger partial charge in [-0.1, -0.05) is 17.7 Å². The molecule has 3 nitrogen and oxygen atoms in total. The first-order valence-corrected chi connectivity index (χ1v) is 6.34. The molecule has 17 heavy (non-hydrogen) atoms. The number of benzene rings is 1. The number of halogens is 1. The summed E-state index contributed by atoms with van der Waals surface area (Å²) in [6.07, 6.45) is 0. The number of hydrogen-bond donors (Lipinski definition) is 1. The van der Waals surface area contributed by atoms with Crippen LogP contribution in [0.25, 0.3) is 0 Å². The van der Waals surface area contributed by atoms with Crippen LogP contribution in [0, 0.1) is 6.92 Å². The second-order valence-corrected chi connectivity index (χ2v) is 4.87. The van der Waals surface area contributed by atoms with Gasteiger partial charge in [0.1, 0.15) is 5.75 Å². The fraction of sp³-hybridized carbons (Fsp3) is 0.538. The zero-order chi connectivity index (χ0) is 12.3. The first kappa shape index (κ1) is 12.7. The molecule has 1 aliphatic heterocycles. The second-order valence-electron chi connectivity index (χ2n) is 4.47. The number of nitrogens with zero attached hydrogens (tertiary/aromatic N) is 1. The van der Waals surface area contributed by atoms with E-state index in [1.54, 1.807) is 7.11 Å². The number of nitrogens with one attached hydrogen (secondary N) is 1. The lowest BCUT2D eigenvalue weighted by Gasteiger charge is -2.28. The van der Waals surface area contributed by atoms with Crippen LogP contribution >= 0.6 is 11.6 Å². The van der Waals surface area contributed by atoms with Crippen molar-refractivity contribution in [2.45, 2.75) is 13.5 Å². The fourth-order valence-corrected chi connectivity index (χ4v) is 2.63. The number of aryl methyl sites for hydroxylation is 1. The highest BCUT2D eigenvalue weighted by Crippen LogP contribution is 2.30. The molecule has 1 aromatic rings. The molecule has 94 valence electrons. The van der Waals surface area contributed by atoms with Crippen molar-refractivity contribution in [2.24, 2.45) is 0 Å². The van der Waals surface area contributed by atoms with Crippen LogP contribution in [0.4, 0.5) is 0 Å². The van der Waals surface area contributed by atoms with Crippen LogP contribution in [0.2, 0.25) is 5.02 Å². The topological polar surface area (TPSA) is 24.5 Å². The highest BCUT2D eigenvalue weighted by atomic mass is 35.5. The molecule has 1 N–H and O–H groups in total. The van der Waals surface area contributed by atoms with E-state index in [0.717, 1.165) is 38.5 Å². The smallest absolute Gasteiger partial charge is 0.141 e. The van der Waals surface area contributed by atoms with E-state index in [2.05, 4.69) is 23.2 Å². The van der Waals surface area contributed by atoms with E-state index in [9.17, 15) is 0 Å². The van der Waals surface area contributed by atoms with Crippen LogP contribution < -0.4 is 10.1 Å². The minimum Gasteiger partial charge on any atom is -0.495 e. The van der Waals surface area contributed by atoms with Gasteiger partial charge in [0.15, 0.2) is 0 Å². The van der Waals surface area contributed by atoms with Gasteiger partial charge >= 0.3 is 0 Å². The van der Waals surface area contributed by atoms with Crippen molar-refractivity contribution in [3.63, 3.8) is 0 Å². The third-order valence-electron chi connectivity index (χ3n) is 3.07. The standard InChI is InChI=1S/C13H19ClN2O/c1-10-7-11(13(17-2)12(14)8-10)9-16-5-3-15-4-6-16/h7-8,15H,3-6,9H2,1-2H3. The minimum absolute atomic E-state index is 0.706. The van der Waals surface area contributed by atoms with Crippen LogP contribution in [0.1, 0.15) is 11.1 Å². The van der Waals surface area contributed by atoms with Crippen molar-refractivity contribution < 1.29 is 4.74 Å². The van der Waals surface area contributed by atoms with Gasteiger partial charge in [-0.25, -0.2) is 0 Å². The highest BCUT2D eigenvalue weighted by molar-refractivity contribution is 6.32. The van der Waals surface area contributed by atoms with E-state index in [1.807, 2.05) is 6.07 Å². The summed E-state index contributed by atoms with van der Waals surface area (Å²) in [5.74, 6) is 0.816. The zero-order valence-corrected chi connectivity index (χ0v) is 11.2. The molecule has 2 rings (SSSR count). The lowest BCUT2D eigenvalue weighted by Crippen LogP contribution is -2.42. The van der Waals surface area contributed by atoms with E-state index in [4.69, 9.17) is 16.3 Å². The van der Waals surface area contributed by atoms with E-state index < -0.39 is 0 Å². The molecule has 0 bridgehead atoms. The summed E-state index contributed by atoms with van der Waals surface area (Å²) in [5, 5.41) is 4.06. The second kappa shape index (κ2) is 5.71. The van der Waals surface area contributed by atoms with Crippen LogP contribution in [0.3, 0.4) is 0 Å². The molecule has 1 aromatic carbocycles. The average Bonchev–Trinajstić information content (AvgIpc) is 2.30. The molecule has 0 saturated carbocycles. The Bertz CT molecular complexity index is 389. The number of rotatable bonds is 3. The van der Waals surface area contributed by atoms with Gasteiger partial charge in [-0.2, -0.15) is 0 Å². The summed E-state index contributed by atoms with van der Waals surface area (Å²) in [4.78, 5) is 2.42. The predicted octanol–water partition coefficient (Wildman–Crippen LogP) is 2.06. The van der Waals surface area contributed by atoms with E-state index in [-0.39, 0.29) is 0 Å². The van der Waals surface area contributed by atoms with Crippen LogP contribution in [-0.2, 0) is 6.54 Å². The molecule has 4 heteroatoms. The van der Waals surface area contributed by atoms with Gasteiger partial charge < -0.3 is 10.1 Å². The van der Waals surface area contributed by atoms with Crippen molar-refractivity contribution in [3.8, 4) is 5.75 Å². The number of ether oxygens (including phenoxy) is 1. The molecule has 1 aliphatic rings. The van der Waals surface area contributed by atoms with Gasteiger partial charge in [-0.15, -0.1) is 0 Å². The Morgan fingerprint density at radius 1 is 1.35 bits per heavy atom. The lowest BCUT2D eigenvalue weighted by molar-refractivity contribution is 0.230. The maximum atomic E-state index is 6.20. The number of methoxy groups -OCH3 is 1. The van der Waals surface area contributed by atoms with Crippen molar-refractivity contribution >= 4 is 11.6 Å². The normalized spacial score (nSPS) is 17.1. The third kappa shape index (κ3) is 3.12. The summed E-state index contributed by atoms with van der Waals surface area (Å²) in [6, 6.07) is 4.11. The molecule has 0 aliphatic carbocycles. The summed E-state index contributed by atoms with van der Waals surface area (Å²) >= 11 is 6.20. The maximum absolute atomic E-state index is 6.20. The first-order chi connectivity index (χ1) is 8.20. The molecule has 0 atom stereocenters. The van der Waals surface area contributed by atoms with Gasteiger partial charge in [0.2, 0.25) is 0 Å². The zero-order valence-electron chi connectivity index (χ0n) is 10.4. The SMILES string of the molecule is COc1c(Cl)cc(C)cc1CN1CCNCC1. The van der Waals surface area contributed by atoms with Crippen molar-refractivity contribution in [3.05, 3.63) is 28.3 Å². The lowest BCUT2D eigenvalue weighted by atomic mass is 10.1. The summed E-state index contributed by atoms with van der Waals surface area (Å²) in [7, 11) is 1.68. The van der Waals surface area contributed by atoms with Gasteiger partial charge in [-0.3, -0.25) is 4.90 Å². The van der Waals surface area contributed by atoms with Gasteiger partial charge in [0, 0.05) is 38.3 Å². The quantitative estimate of drug-likeness (QED) is 0.894. The van der Waals surface area contributed by atoms with E-state index >= 15 is 0 Å². The highest BCUT2D eigenvalue weighted by Gasteiger charge is 2.14. The maximum Gasteiger partial charge on any atom is 0.141 e. The Hall–Kier alpha value is -0.770. The molecular formula is C13H19ClN2O. The van der Waals surface area contributed by atoms with Crippen LogP contribution in [-0.4, -0.2) is 38.2 Å². The van der Waals surface area contributed by atoms with Crippen molar-refractivity contribution in [1.82, 2.24) is 10.2 Å². The molecule has 1 saturated heterocycles. The van der Waals surface area contributed by atoms with Gasteiger partial charge in [0.05, 0.1) is 12.1 Å². The summed E-state index contributed by atoms with van der Waals surface area (Å²) < 4.78 is 5.40. The molecule has 0 amide bonds. The van der Waals surface area contributed by atoms with Crippen molar-refractivity contribution in [1.29, 1.82) is 0 Å². The Labute approximate surface area is 108 Å². The number of hydrogen-bond acceptors (Lipinski definition) is 3. The molecule has 0 unspecified atom stereocenters. The van der Waals surface area contributed by atoms with Crippen LogP contribution in [0.15, 0.2) is 12.1 Å². The largest absolute Gasteiger partial charge is 0.495 e. The molecule has 0 spiro atoms. The molecule has 1 fully saturated rings. The number of piperazine rings is 1. The van der Waals surface area contributed by atoms with Crippen molar-refractivity contribution in [2.75, 3.05) is 33.3 Å². The minimum atomic E-state index is 0.706. The molecular weight excluding hydrogens is 236 g/mol. The molecule has 0 radical (unpaired) electrons. The Morgan fingerprint density at radius 2 is 2.06 bits per heavy atom. The predicted molar refractivity (Wildman–Crippen MR) is 70.9 cm³/mol. The molecule has 0 aromatic heterocycles. The average molecular weight is 255 g/mol. The van der Waals surface area contributed by atoms with Gasteiger partial charge in [-0.05, 0) is 18.6 Å². The first-order valence-electron chi connectivity index (χ1n) is 5.97. The summed E-state index contributed by atoms with van der Waals surface area (Å²) in [5.41, 5.74) is 2.36. The Morgan fingerprint density at radius 3 is 2.71 bits per heavy atom. The third-order valence-corrected chi connectivity index (χ3v) is 3.35. The Balaban J connectivity index is 2.18. The van der Waals surface area contributed by atoms with E-state index in [0.29, 0.717) is 5.02 Å². The van der Waals surface area contributed by atoms with E-state index in [1.165, 1.54) is 11.1 Å². The Kier molecular flexibility index (Phi) is 4.26. The molecule has 1 heterocycles.